The van der Waals surface area contributed by atoms with Crippen LogP contribution in [0.1, 0.15) is 0 Å². The molecule has 1 aromatic heterocycles. The molecule has 0 fully saturated rings. The van der Waals surface area contributed by atoms with Crippen molar-refractivity contribution in [3.63, 3.8) is 0 Å². The molecule has 2 rings (SSSR count). The lowest BCUT2D eigenvalue weighted by molar-refractivity contribution is -0.385. The number of hydrogen-bond donors (Lipinski definition) is 1. The molecular weight excluding hydrogens is 208 g/mol. The maximum atomic E-state index is 10.4. The van der Waals surface area contributed by atoms with Crippen molar-refractivity contribution in [1.82, 2.24) is 4.98 Å². The molecule has 5 nitrogen and oxygen atoms in total. The number of rotatable bonds is 2. The van der Waals surface area contributed by atoms with Gasteiger partial charge in [-0.1, -0.05) is 12.1 Å². The van der Waals surface area contributed by atoms with Crippen LogP contribution >= 0.6 is 0 Å². The standard InChI is InChI=1S/C11H8N2O3/c14-11-4-2-1-3-9(11)10-6-5-8(7-12-10)13(15)16/h1-7,14H. The number of benzene rings is 1. The zero-order chi connectivity index (χ0) is 11.5. The average molecular weight is 216 g/mol. The molecule has 0 aliphatic rings. The summed E-state index contributed by atoms with van der Waals surface area (Å²) in [5, 5.41) is 20.0. The van der Waals surface area contributed by atoms with Gasteiger partial charge in [0, 0.05) is 11.6 Å². The van der Waals surface area contributed by atoms with E-state index < -0.39 is 4.92 Å². The number of pyridine rings is 1. The molecule has 1 heterocycles. The second-order valence-corrected chi connectivity index (χ2v) is 3.18. The first-order valence-electron chi connectivity index (χ1n) is 4.57. The van der Waals surface area contributed by atoms with E-state index in [1.54, 1.807) is 24.3 Å². The van der Waals surface area contributed by atoms with Crippen LogP contribution in [0, 0.1) is 10.1 Å². The van der Waals surface area contributed by atoms with Crippen molar-refractivity contribution in [2.75, 3.05) is 0 Å². The summed E-state index contributed by atoms with van der Waals surface area (Å²) < 4.78 is 0. The molecule has 0 saturated carbocycles. The first-order chi connectivity index (χ1) is 7.68. The lowest BCUT2D eigenvalue weighted by Gasteiger charge is -2.02. The number of nitro groups is 1. The molecule has 0 aliphatic carbocycles. The van der Waals surface area contributed by atoms with Crippen molar-refractivity contribution >= 4 is 5.69 Å². The Morgan fingerprint density at radius 1 is 1.19 bits per heavy atom. The number of aromatic hydroxyl groups is 1. The zero-order valence-electron chi connectivity index (χ0n) is 8.20. The van der Waals surface area contributed by atoms with Crippen LogP contribution in [0.15, 0.2) is 42.6 Å². The Balaban J connectivity index is 2.43. The Bertz CT molecular complexity index is 523. The van der Waals surface area contributed by atoms with Crippen LogP contribution in [0.4, 0.5) is 5.69 Å². The van der Waals surface area contributed by atoms with Crippen molar-refractivity contribution in [3.05, 3.63) is 52.7 Å². The van der Waals surface area contributed by atoms with E-state index in [0.717, 1.165) is 0 Å². The predicted molar refractivity (Wildman–Crippen MR) is 58.0 cm³/mol. The van der Waals surface area contributed by atoms with Crippen molar-refractivity contribution < 1.29 is 10.0 Å². The third kappa shape index (κ3) is 1.83. The van der Waals surface area contributed by atoms with E-state index in [9.17, 15) is 15.2 Å². The Kier molecular flexibility index (Phi) is 2.51. The molecule has 1 aromatic carbocycles. The van der Waals surface area contributed by atoms with E-state index >= 15 is 0 Å². The molecule has 0 saturated heterocycles. The van der Waals surface area contributed by atoms with E-state index in [4.69, 9.17) is 0 Å². The topological polar surface area (TPSA) is 76.3 Å². The first kappa shape index (κ1) is 10.1. The molecule has 5 heteroatoms. The summed E-state index contributed by atoms with van der Waals surface area (Å²) in [7, 11) is 0. The van der Waals surface area contributed by atoms with Gasteiger partial charge in [0.1, 0.15) is 11.9 Å². The molecule has 16 heavy (non-hydrogen) atoms. The molecule has 0 spiro atoms. The number of aromatic nitrogens is 1. The van der Waals surface area contributed by atoms with E-state index in [-0.39, 0.29) is 11.4 Å². The summed E-state index contributed by atoms with van der Waals surface area (Å²) in [6, 6.07) is 9.56. The summed E-state index contributed by atoms with van der Waals surface area (Å²) in [5.74, 6) is 0.101. The van der Waals surface area contributed by atoms with E-state index in [1.165, 1.54) is 18.3 Å². The minimum atomic E-state index is -0.512. The van der Waals surface area contributed by atoms with Crippen molar-refractivity contribution in [3.8, 4) is 17.0 Å². The third-order valence-electron chi connectivity index (χ3n) is 2.14. The van der Waals surface area contributed by atoms with Crippen LogP contribution in [0.2, 0.25) is 0 Å². The van der Waals surface area contributed by atoms with Crippen molar-refractivity contribution in [2.45, 2.75) is 0 Å². The molecule has 0 atom stereocenters. The van der Waals surface area contributed by atoms with Gasteiger partial charge in [-0.2, -0.15) is 0 Å². The van der Waals surface area contributed by atoms with Gasteiger partial charge in [0.25, 0.3) is 5.69 Å². The summed E-state index contributed by atoms with van der Waals surface area (Å²) >= 11 is 0. The highest BCUT2D eigenvalue weighted by Gasteiger charge is 2.08. The van der Waals surface area contributed by atoms with E-state index in [2.05, 4.69) is 4.98 Å². The molecule has 0 aliphatic heterocycles. The van der Waals surface area contributed by atoms with Gasteiger partial charge in [0.15, 0.2) is 0 Å². The Labute approximate surface area is 91.2 Å². The minimum absolute atomic E-state index is 0.0702. The zero-order valence-corrected chi connectivity index (χ0v) is 8.20. The Hall–Kier alpha value is -2.43. The quantitative estimate of drug-likeness (QED) is 0.617. The SMILES string of the molecule is O=[N+]([O-])c1ccc(-c2ccccc2O)nc1. The van der Waals surface area contributed by atoms with Crippen LogP contribution in [0.5, 0.6) is 5.75 Å². The number of para-hydroxylation sites is 1. The van der Waals surface area contributed by atoms with Gasteiger partial charge in [-0.05, 0) is 18.2 Å². The molecule has 80 valence electrons. The van der Waals surface area contributed by atoms with Crippen LogP contribution in [-0.4, -0.2) is 15.0 Å². The monoisotopic (exact) mass is 216 g/mol. The highest BCUT2D eigenvalue weighted by molar-refractivity contribution is 5.66. The van der Waals surface area contributed by atoms with Gasteiger partial charge in [-0.15, -0.1) is 0 Å². The van der Waals surface area contributed by atoms with Gasteiger partial charge in [0.05, 0.1) is 10.6 Å². The number of nitrogens with zero attached hydrogens (tertiary/aromatic N) is 2. The van der Waals surface area contributed by atoms with Gasteiger partial charge >= 0.3 is 0 Å². The number of hydrogen-bond acceptors (Lipinski definition) is 4. The highest BCUT2D eigenvalue weighted by atomic mass is 16.6. The van der Waals surface area contributed by atoms with Crippen molar-refractivity contribution in [1.29, 1.82) is 0 Å². The van der Waals surface area contributed by atoms with Crippen molar-refractivity contribution in [2.24, 2.45) is 0 Å². The molecule has 0 amide bonds. The smallest absolute Gasteiger partial charge is 0.287 e. The maximum Gasteiger partial charge on any atom is 0.287 e. The minimum Gasteiger partial charge on any atom is -0.507 e. The van der Waals surface area contributed by atoms with Crippen LogP contribution < -0.4 is 0 Å². The molecule has 0 bridgehead atoms. The van der Waals surface area contributed by atoms with Crippen LogP contribution in [0.25, 0.3) is 11.3 Å². The first-order valence-corrected chi connectivity index (χ1v) is 4.57. The van der Waals surface area contributed by atoms with Gasteiger partial charge in [-0.25, -0.2) is 4.98 Å². The molecule has 0 radical (unpaired) electrons. The second-order valence-electron chi connectivity index (χ2n) is 3.18. The summed E-state index contributed by atoms with van der Waals surface area (Å²) in [4.78, 5) is 13.8. The Morgan fingerprint density at radius 2 is 1.94 bits per heavy atom. The fraction of sp³-hybridized carbons (Fsp3) is 0. The second kappa shape index (κ2) is 3.98. The lowest BCUT2D eigenvalue weighted by atomic mass is 10.1. The molecule has 0 unspecified atom stereocenters. The summed E-state index contributed by atoms with van der Waals surface area (Å²) in [6.45, 7) is 0. The third-order valence-corrected chi connectivity index (χ3v) is 2.14. The average Bonchev–Trinajstić information content (AvgIpc) is 2.30. The Morgan fingerprint density at radius 3 is 2.50 bits per heavy atom. The van der Waals surface area contributed by atoms with Crippen LogP contribution in [-0.2, 0) is 0 Å². The highest BCUT2D eigenvalue weighted by Crippen LogP contribution is 2.27. The maximum absolute atomic E-state index is 10.4. The number of phenols is 1. The number of phenolic OH excluding ortho intramolecular Hbond substituents is 1. The van der Waals surface area contributed by atoms with E-state index in [0.29, 0.717) is 11.3 Å². The van der Waals surface area contributed by atoms with Crippen LogP contribution in [0.3, 0.4) is 0 Å². The fourth-order valence-electron chi connectivity index (χ4n) is 1.34. The van der Waals surface area contributed by atoms with E-state index in [1.807, 2.05) is 0 Å². The summed E-state index contributed by atoms with van der Waals surface area (Å²) in [5.41, 5.74) is 0.986. The molecule has 1 N–H and O–H groups in total. The molecular formula is C11H8N2O3. The normalized spacial score (nSPS) is 10.0. The fourth-order valence-corrected chi connectivity index (χ4v) is 1.34. The van der Waals surface area contributed by atoms with Gasteiger partial charge in [-0.3, -0.25) is 10.1 Å². The van der Waals surface area contributed by atoms with Gasteiger partial charge in [0.2, 0.25) is 0 Å². The predicted octanol–water partition coefficient (Wildman–Crippen LogP) is 2.36. The molecule has 2 aromatic rings. The largest absolute Gasteiger partial charge is 0.507 e. The summed E-state index contributed by atoms with van der Waals surface area (Å²) in [6.07, 6.45) is 1.17. The van der Waals surface area contributed by atoms with Gasteiger partial charge < -0.3 is 5.11 Å². The lowest BCUT2D eigenvalue weighted by Crippen LogP contribution is -1.90.